The first-order valence-electron chi connectivity index (χ1n) is 7.17. The number of methoxy groups -OCH3 is 1. The third kappa shape index (κ3) is 3.43. The number of thiophene rings is 1. The van der Waals surface area contributed by atoms with Crippen molar-refractivity contribution in [3.8, 4) is 17.0 Å². The predicted octanol–water partition coefficient (Wildman–Crippen LogP) is 3.64. The second-order valence-electron chi connectivity index (χ2n) is 5.16. The van der Waals surface area contributed by atoms with Crippen LogP contribution in [0.5, 0.6) is 5.75 Å². The van der Waals surface area contributed by atoms with Gasteiger partial charge in [-0.2, -0.15) is 16.4 Å². The van der Waals surface area contributed by atoms with Gasteiger partial charge in [-0.3, -0.25) is 9.89 Å². The molecule has 0 atom stereocenters. The van der Waals surface area contributed by atoms with Crippen LogP contribution in [-0.4, -0.2) is 23.2 Å². The maximum atomic E-state index is 12.3. The number of nitrogens with one attached hydrogen (secondary N) is 2. The SMILES string of the molecule is COc1ccc(CC(=O)Nc2c(-c3ccsc3)n[nH]c2C)cc1. The molecule has 0 aliphatic heterocycles. The van der Waals surface area contributed by atoms with E-state index >= 15 is 0 Å². The number of amides is 1. The molecule has 5 nitrogen and oxygen atoms in total. The van der Waals surface area contributed by atoms with Gasteiger partial charge in [0.1, 0.15) is 11.4 Å². The molecule has 3 aromatic rings. The summed E-state index contributed by atoms with van der Waals surface area (Å²) in [5.74, 6) is 0.704. The van der Waals surface area contributed by atoms with E-state index in [1.165, 1.54) is 0 Å². The first kappa shape index (κ1) is 15.3. The third-order valence-corrected chi connectivity index (χ3v) is 4.21. The number of ether oxygens (including phenoxy) is 1. The molecule has 0 unspecified atom stereocenters. The van der Waals surface area contributed by atoms with E-state index in [1.54, 1.807) is 18.4 Å². The van der Waals surface area contributed by atoms with E-state index in [1.807, 2.05) is 48.0 Å². The van der Waals surface area contributed by atoms with E-state index in [4.69, 9.17) is 4.74 Å². The lowest BCUT2D eigenvalue weighted by Crippen LogP contribution is -2.15. The van der Waals surface area contributed by atoms with Crippen LogP contribution in [0.2, 0.25) is 0 Å². The fourth-order valence-corrected chi connectivity index (χ4v) is 2.94. The van der Waals surface area contributed by atoms with Gasteiger partial charge in [0.25, 0.3) is 0 Å². The topological polar surface area (TPSA) is 67.0 Å². The van der Waals surface area contributed by atoms with Gasteiger partial charge in [-0.15, -0.1) is 0 Å². The lowest BCUT2D eigenvalue weighted by atomic mass is 10.1. The molecule has 0 bridgehead atoms. The third-order valence-electron chi connectivity index (χ3n) is 3.53. The van der Waals surface area contributed by atoms with Gasteiger partial charge in [-0.1, -0.05) is 12.1 Å². The van der Waals surface area contributed by atoms with Crippen molar-refractivity contribution in [3.63, 3.8) is 0 Å². The van der Waals surface area contributed by atoms with Crippen molar-refractivity contribution >= 4 is 22.9 Å². The van der Waals surface area contributed by atoms with Crippen LogP contribution in [0, 0.1) is 6.92 Å². The van der Waals surface area contributed by atoms with Crippen molar-refractivity contribution in [2.45, 2.75) is 13.3 Å². The molecule has 0 fully saturated rings. The number of benzene rings is 1. The fourth-order valence-electron chi connectivity index (χ4n) is 2.30. The zero-order valence-corrected chi connectivity index (χ0v) is 13.7. The molecule has 0 saturated carbocycles. The second kappa shape index (κ2) is 6.66. The van der Waals surface area contributed by atoms with E-state index in [9.17, 15) is 4.79 Å². The zero-order valence-electron chi connectivity index (χ0n) is 12.9. The Balaban J connectivity index is 1.74. The Bertz CT molecular complexity index is 792. The number of hydrogen-bond donors (Lipinski definition) is 2. The van der Waals surface area contributed by atoms with Gasteiger partial charge >= 0.3 is 0 Å². The molecule has 6 heteroatoms. The maximum Gasteiger partial charge on any atom is 0.228 e. The summed E-state index contributed by atoms with van der Waals surface area (Å²) in [4.78, 5) is 12.3. The highest BCUT2D eigenvalue weighted by atomic mass is 32.1. The summed E-state index contributed by atoms with van der Waals surface area (Å²) in [5, 5.41) is 14.2. The van der Waals surface area contributed by atoms with Crippen LogP contribution in [0.3, 0.4) is 0 Å². The first-order chi connectivity index (χ1) is 11.2. The van der Waals surface area contributed by atoms with Gasteiger partial charge in [-0.05, 0) is 36.1 Å². The number of rotatable bonds is 5. The highest BCUT2D eigenvalue weighted by Crippen LogP contribution is 2.30. The molecule has 0 radical (unpaired) electrons. The molecular weight excluding hydrogens is 310 g/mol. The number of nitrogens with zero attached hydrogens (tertiary/aromatic N) is 1. The van der Waals surface area contributed by atoms with Gasteiger partial charge in [0.2, 0.25) is 5.91 Å². The number of hydrogen-bond acceptors (Lipinski definition) is 4. The minimum atomic E-state index is -0.0730. The molecular formula is C17H17N3O2S. The lowest BCUT2D eigenvalue weighted by molar-refractivity contribution is -0.115. The summed E-state index contributed by atoms with van der Waals surface area (Å²) in [6.07, 6.45) is 0.303. The van der Waals surface area contributed by atoms with Crippen molar-refractivity contribution in [2.24, 2.45) is 0 Å². The summed E-state index contributed by atoms with van der Waals surface area (Å²) < 4.78 is 5.12. The van der Waals surface area contributed by atoms with E-state index in [-0.39, 0.29) is 5.91 Å². The highest BCUT2D eigenvalue weighted by Gasteiger charge is 2.15. The van der Waals surface area contributed by atoms with Crippen LogP contribution in [0.25, 0.3) is 11.3 Å². The Kier molecular flexibility index (Phi) is 4.43. The van der Waals surface area contributed by atoms with E-state index in [2.05, 4.69) is 15.5 Å². The van der Waals surface area contributed by atoms with Crippen LogP contribution in [0.1, 0.15) is 11.3 Å². The van der Waals surface area contributed by atoms with Crippen LogP contribution in [0.4, 0.5) is 5.69 Å². The molecule has 1 amide bonds. The summed E-state index contributed by atoms with van der Waals surface area (Å²) in [7, 11) is 1.62. The molecule has 0 saturated heterocycles. The summed E-state index contributed by atoms with van der Waals surface area (Å²) >= 11 is 1.60. The largest absolute Gasteiger partial charge is 0.497 e. The highest BCUT2D eigenvalue weighted by molar-refractivity contribution is 7.08. The van der Waals surface area contributed by atoms with Crippen molar-refractivity contribution in [3.05, 3.63) is 52.3 Å². The fraction of sp³-hybridized carbons (Fsp3) is 0.176. The average Bonchev–Trinajstić information content (AvgIpc) is 3.19. The Morgan fingerprint density at radius 1 is 1.30 bits per heavy atom. The Labute approximate surface area is 138 Å². The molecule has 2 heterocycles. The Morgan fingerprint density at radius 2 is 2.09 bits per heavy atom. The minimum absolute atomic E-state index is 0.0730. The van der Waals surface area contributed by atoms with Crippen molar-refractivity contribution in [2.75, 3.05) is 12.4 Å². The first-order valence-corrected chi connectivity index (χ1v) is 8.12. The number of anilines is 1. The van der Waals surface area contributed by atoms with E-state index < -0.39 is 0 Å². The number of aromatic nitrogens is 2. The van der Waals surface area contributed by atoms with Gasteiger partial charge in [0.15, 0.2) is 0 Å². The summed E-state index contributed by atoms with van der Waals surface area (Å²) in [6.45, 7) is 1.89. The average molecular weight is 327 g/mol. The minimum Gasteiger partial charge on any atom is -0.497 e. The number of carbonyl (C=O) groups excluding carboxylic acids is 1. The molecule has 118 valence electrons. The van der Waals surface area contributed by atoms with Crippen molar-refractivity contribution < 1.29 is 9.53 Å². The second-order valence-corrected chi connectivity index (χ2v) is 5.94. The number of carbonyl (C=O) groups is 1. The Hall–Kier alpha value is -2.60. The van der Waals surface area contributed by atoms with Crippen LogP contribution in [-0.2, 0) is 11.2 Å². The summed E-state index contributed by atoms with van der Waals surface area (Å²) in [6, 6.07) is 9.46. The van der Waals surface area contributed by atoms with Gasteiger partial charge in [0.05, 0.1) is 24.9 Å². The van der Waals surface area contributed by atoms with E-state index in [0.29, 0.717) is 6.42 Å². The maximum absolute atomic E-state index is 12.3. The molecule has 2 aromatic heterocycles. The Morgan fingerprint density at radius 3 is 2.74 bits per heavy atom. The molecule has 3 rings (SSSR count). The number of H-pyrrole nitrogens is 1. The summed E-state index contributed by atoms with van der Waals surface area (Å²) in [5.41, 5.74) is 4.28. The molecule has 2 N–H and O–H groups in total. The smallest absolute Gasteiger partial charge is 0.228 e. The normalized spacial score (nSPS) is 10.5. The van der Waals surface area contributed by atoms with Gasteiger partial charge in [-0.25, -0.2) is 0 Å². The zero-order chi connectivity index (χ0) is 16.2. The molecule has 0 aliphatic carbocycles. The monoisotopic (exact) mass is 327 g/mol. The molecule has 0 aliphatic rings. The van der Waals surface area contributed by atoms with Crippen LogP contribution >= 0.6 is 11.3 Å². The van der Waals surface area contributed by atoms with E-state index in [0.717, 1.165) is 34.0 Å². The quantitative estimate of drug-likeness (QED) is 0.752. The van der Waals surface area contributed by atoms with Crippen molar-refractivity contribution in [1.82, 2.24) is 10.2 Å². The number of aromatic amines is 1. The van der Waals surface area contributed by atoms with Gasteiger partial charge in [0, 0.05) is 10.9 Å². The predicted molar refractivity (Wildman–Crippen MR) is 92.0 cm³/mol. The lowest BCUT2D eigenvalue weighted by Gasteiger charge is -2.07. The number of aryl methyl sites for hydroxylation is 1. The van der Waals surface area contributed by atoms with Crippen molar-refractivity contribution in [1.29, 1.82) is 0 Å². The van der Waals surface area contributed by atoms with Gasteiger partial charge < -0.3 is 10.1 Å². The molecule has 1 aromatic carbocycles. The van der Waals surface area contributed by atoms with Crippen LogP contribution < -0.4 is 10.1 Å². The van der Waals surface area contributed by atoms with Crippen LogP contribution in [0.15, 0.2) is 41.1 Å². The molecule has 0 spiro atoms. The standard InChI is InChI=1S/C17H17N3O2S/c1-11-16(17(20-19-11)13-7-8-23-10-13)18-15(21)9-12-3-5-14(22-2)6-4-12/h3-8,10H,9H2,1-2H3,(H,18,21)(H,19,20). The molecule has 23 heavy (non-hydrogen) atoms.